The molecule has 0 aromatic carbocycles. The maximum Gasteiger partial charge on any atom is 0.328 e. The number of hydrogen-bond acceptors (Lipinski definition) is 18. The number of halogens is 1. The second-order valence-electron chi connectivity index (χ2n) is 14.4. The van der Waals surface area contributed by atoms with Crippen molar-refractivity contribution in [2.75, 3.05) is 5.83 Å². The molecule has 8 amide bonds. The van der Waals surface area contributed by atoms with Gasteiger partial charge >= 0.3 is 23.9 Å². The first kappa shape index (κ1) is 227. The number of hydrogen-bond donors (Lipinski definition) is 8. The van der Waals surface area contributed by atoms with Crippen molar-refractivity contribution < 1.29 is 892 Å². The maximum atomic E-state index is 12.6. The molecule has 0 bridgehead atoms. The molecule has 540 valence electrons. The van der Waals surface area contributed by atoms with Gasteiger partial charge in [-0.15, -0.1) is 0 Å². The number of amides is 8. The van der Waals surface area contributed by atoms with Gasteiger partial charge in [0.05, 0.1) is 17.0 Å². The van der Waals surface area contributed by atoms with Crippen molar-refractivity contribution >= 4 is 123 Å². The van der Waals surface area contributed by atoms with Crippen LogP contribution in [0.2, 0.25) is 0 Å². The van der Waals surface area contributed by atoms with Crippen molar-refractivity contribution in [1.82, 2.24) is 31.1 Å². The van der Waals surface area contributed by atoms with Gasteiger partial charge in [-0.3, -0.25) is 62.5 Å². The van der Waals surface area contributed by atoms with Gasteiger partial charge < -0.3 is 101 Å². The SMILES string of the molecule is CBr.CC.CCCCC(=O)C([C-]=O)(N1C(=O)C=CC1=O)N1C(=O)C=CC1=O.CCCCC(=O)C([C-]=O)(NC(=O)/C=C\C(=O)O)NC(=O)/C=C\C(=O)O.CCCCC(=O)C([C-]=O)(NC(=O)/C=C\C(=O)O)NC(=O)/C=C\C(=O)O.[CH3-].[CH3-].[CH3-].[CH3-].[CH3-].[CH3-].[Y].[Y].[Y].[Y].[Y].[Y].[Y].[Y].[Y].[Y].[Y].[Y].[Y].[Y].[Y].[Y].[Y].[Y].[Y].[Y].[Y].[Y].[Y].[Y]. The van der Waals surface area contributed by atoms with E-state index < -0.39 is 105 Å². The number of nitrogens with zero attached hydrogens (tertiary/aromatic N) is 2. The van der Waals surface area contributed by atoms with Gasteiger partial charge in [0.25, 0.3) is 23.6 Å². The summed E-state index contributed by atoms with van der Waals surface area (Å²) in [7, 11) is 0. The number of carboxylic acid groups (broad SMARTS) is 4. The second kappa shape index (κ2) is 141. The Bertz CT molecular complexity index is 2280. The zero-order valence-corrected chi connectivity index (χ0v) is 132. The number of carboxylic acids is 4. The molecule has 0 aliphatic carbocycles. The quantitative estimate of drug-likeness (QED) is 0.0133. The van der Waals surface area contributed by atoms with Gasteiger partial charge in [-0.1, -0.05) is 69.8 Å². The van der Waals surface area contributed by atoms with Gasteiger partial charge in [0.2, 0.25) is 23.6 Å². The van der Waals surface area contributed by atoms with Crippen LogP contribution in [0.25, 0.3) is 0 Å². The molecule has 0 fully saturated rings. The summed E-state index contributed by atoms with van der Waals surface area (Å²) in [5.41, 5.74) is -7.82. The average Bonchev–Trinajstić information content (AvgIpc) is 1.50. The van der Waals surface area contributed by atoms with Crippen molar-refractivity contribution in [2.24, 2.45) is 0 Å². The van der Waals surface area contributed by atoms with E-state index in [1.54, 1.807) is 20.8 Å². The zero-order chi connectivity index (χ0) is 60.1. The molecule has 2 aliphatic rings. The molecule has 0 atom stereocenters. The van der Waals surface area contributed by atoms with Gasteiger partial charge in [-0.25, -0.2) is 38.0 Å². The third-order valence-corrected chi connectivity index (χ3v) is 8.96. The fraction of sp³-hybridized carbons (Fsp3) is 0.333. The molecule has 24 radical (unpaired) electrons. The molecule has 107 heavy (non-hydrogen) atoms. The number of carbonyl (C=O) groups is 15. The molecule has 2 aliphatic heterocycles. The van der Waals surface area contributed by atoms with Gasteiger partial charge in [0, 0.05) is 877 Å². The Morgan fingerprint density at radius 3 is 0.626 bits per heavy atom. The standard InChI is InChI=1S/2C15H17N2O8.C15H13N2O6.C2H6.CH3Br.6CH3.24Y/c2*1-2-3-4-10(19)15(9-18,16-11(20)5-7-13(22)23)17-12(21)6-8-14(24)25;1-2-3-4-10(19)15(9-18,16-11(20)5-6-12(16)21)17-13(22)7-8-14(17)23;2*1-2;;;;;;;;;;;;;;;;;;;;;;;;;;;;;;/h2*5-8H,2-4H2,1H3,(H,16,20)(H,17,21)(H,22,23)(H,24,25);5-8H,2-4H2,1H3;1-2H3;1H3;6*1H3;;;;;;;;;;;;;;;;;;;;;;;;/q3*-1;;;6*-1;;;;;;;;;;;;;;;;;;;;;;;;/b2*7-5-,8-6-;;;;;;;;;;;;;;;;;;;;;;;;;;;;;;;;;. The van der Waals surface area contributed by atoms with Crippen molar-refractivity contribution in [3.8, 4) is 0 Å². The number of imide groups is 2. The molecular formula is C54H74BrN6O22Y24-9. The predicted molar refractivity (Wildman–Crippen MR) is 305 cm³/mol. The van der Waals surface area contributed by atoms with Crippen LogP contribution >= 0.6 is 15.9 Å². The van der Waals surface area contributed by atoms with E-state index in [1.807, 2.05) is 40.9 Å². The van der Waals surface area contributed by atoms with Crippen LogP contribution in [0, 0.1) is 44.6 Å². The van der Waals surface area contributed by atoms with Gasteiger partial charge in [0.1, 0.15) is 11.6 Å². The van der Waals surface area contributed by atoms with Crippen LogP contribution in [-0.4, -0.2) is 160 Å². The summed E-state index contributed by atoms with van der Waals surface area (Å²) in [5, 5.41) is 41.4. The van der Waals surface area contributed by atoms with E-state index in [1.165, 1.54) is 18.9 Å². The van der Waals surface area contributed by atoms with Crippen LogP contribution < -0.4 is 21.3 Å². The summed E-state index contributed by atoms with van der Waals surface area (Å²) in [6, 6.07) is 0. The minimum absolute atomic E-state index is 0. The first-order chi connectivity index (χ1) is 36.2. The Morgan fingerprint density at radius 1 is 0.336 bits per heavy atom. The van der Waals surface area contributed by atoms with E-state index in [0.29, 0.717) is 96.9 Å². The summed E-state index contributed by atoms with van der Waals surface area (Å²) in [6.07, 6.45) is 13.5. The molecule has 53 heteroatoms. The maximum absolute atomic E-state index is 12.6. The van der Waals surface area contributed by atoms with Gasteiger partial charge in [0.15, 0.2) is 5.78 Å². The molecule has 2 rings (SSSR count). The first-order valence-electron chi connectivity index (χ1n) is 22.4. The zero-order valence-electron chi connectivity index (χ0n) is 62.1. The van der Waals surface area contributed by atoms with Crippen molar-refractivity contribution in [2.45, 2.75) is 109 Å². The van der Waals surface area contributed by atoms with E-state index in [4.69, 9.17) is 20.4 Å². The predicted octanol–water partition coefficient (Wildman–Crippen LogP) is 2.21. The molecular weight excluding hydrogens is 3300 g/mol. The molecule has 0 unspecified atom stereocenters. The summed E-state index contributed by atoms with van der Waals surface area (Å²) in [5.74, 6) is -15.1. The van der Waals surface area contributed by atoms with Crippen molar-refractivity contribution in [3.05, 3.63) is 117 Å². The fourth-order valence-electron chi connectivity index (χ4n) is 5.55. The summed E-state index contributed by atoms with van der Waals surface area (Å²) < 4.78 is 0. The molecule has 8 N–H and O–H groups in total. The minimum Gasteiger partial charge on any atom is -0.537 e. The van der Waals surface area contributed by atoms with Crippen molar-refractivity contribution in [3.63, 3.8) is 0 Å². The Kier molecular flexibility index (Phi) is 300. The number of ketones is 3. The molecule has 2 heterocycles. The first-order valence-corrected chi connectivity index (χ1v) is 24.0. The smallest absolute Gasteiger partial charge is 0.328 e. The molecule has 0 aromatic heterocycles. The number of alkyl halides is 1. The van der Waals surface area contributed by atoms with Gasteiger partial charge in [-0.2, -0.15) is 0 Å². The topological polar surface area (TPSA) is 443 Å². The van der Waals surface area contributed by atoms with Crippen LogP contribution in [0.3, 0.4) is 0 Å². The van der Waals surface area contributed by atoms with E-state index in [9.17, 15) is 86.3 Å². The van der Waals surface area contributed by atoms with Crippen LogP contribution in [0.1, 0.15) is 92.4 Å². The molecule has 0 saturated carbocycles. The third-order valence-electron chi connectivity index (χ3n) is 8.96. The Morgan fingerprint density at radius 2 is 0.495 bits per heavy atom. The number of nitrogens with one attached hydrogen (secondary N) is 4. The Hall–Kier alpha value is 17.5. The Labute approximate surface area is 1240 Å². The van der Waals surface area contributed by atoms with Crippen LogP contribution in [-0.2, 0) is 871 Å². The summed E-state index contributed by atoms with van der Waals surface area (Å²) in [6.45, 7) is 9.32. The van der Waals surface area contributed by atoms with E-state index in [-0.39, 0.29) is 849 Å². The number of aliphatic carboxylic acids is 4. The summed E-state index contributed by atoms with van der Waals surface area (Å²) >= 11 is 2.94. The molecule has 0 aromatic rings. The fourth-order valence-corrected chi connectivity index (χ4v) is 5.55. The number of unbranched alkanes of at least 4 members (excludes halogenated alkanes) is 3. The third kappa shape index (κ3) is 101. The second-order valence-corrected chi connectivity index (χ2v) is 14.4. The minimum atomic E-state index is -2.70. The Balaban J connectivity index is -0.0000000212. The summed E-state index contributed by atoms with van der Waals surface area (Å²) in [4.78, 5) is 208. The molecule has 0 spiro atoms. The van der Waals surface area contributed by atoms with Gasteiger partial charge in [-0.05, 0) is 25.1 Å². The van der Waals surface area contributed by atoms with E-state index in [0.717, 1.165) is 24.3 Å². The molecule has 28 nitrogen and oxygen atoms in total. The number of rotatable bonds is 29. The largest absolute Gasteiger partial charge is 0.537 e. The van der Waals surface area contributed by atoms with E-state index >= 15 is 0 Å². The molecule has 0 saturated heterocycles. The van der Waals surface area contributed by atoms with Crippen LogP contribution in [0.15, 0.2) is 72.9 Å². The number of carbonyl (C=O) groups excluding carboxylic acids is 14. The van der Waals surface area contributed by atoms with E-state index in [2.05, 4.69) is 15.9 Å². The van der Waals surface area contributed by atoms with Crippen molar-refractivity contribution in [1.29, 1.82) is 0 Å². The number of Topliss-reactive ketones (excluding diaryl/α,β-unsaturated/α-hetero) is 3. The normalized spacial score (nSPS) is 9.15. The van der Waals surface area contributed by atoms with Crippen LogP contribution in [0.5, 0.6) is 0 Å². The average molecular weight is 3370 g/mol. The van der Waals surface area contributed by atoms with Crippen LogP contribution in [0.4, 0.5) is 0 Å². The monoisotopic (exact) mass is 3370 g/mol.